The van der Waals surface area contributed by atoms with Gasteiger partial charge in [-0.2, -0.15) is 0 Å². The minimum atomic E-state index is 0.0931. The Kier molecular flexibility index (Phi) is 5.80. The third kappa shape index (κ3) is 4.85. The van der Waals surface area contributed by atoms with Crippen LogP contribution >= 0.6 is 11.6 Å². The summed E-state index contributed by atoms with van der Waals surface area (Å²) in [5, 5.41) is 0.761. The lowest BCUT2D eigenvalue weighted by molar-refractivity contribution is 0.550. The highest BCUT2D eigenvalue weighted by Gasteiger charge is 2.11. The lowest BCUT2D eigenvalue weighted by Gasteiger charge is -2.18. The number of hydrazine groups is 1. The summed E-state index contributed by atoms with van der Waals surface area (Å²) in [5.41, 5.74) is 6.68. The third-order valence-corrected chi connectivity index (χ3v) is 3.76. The molecule has 3 N–H and O–H groups in total. The van der Waals surface area contributed by atoms with Crippen LogP contribution in [0.2, 0.25) is 5.02 Å². The lowest BCUT2D eigenvalue weighted by atomic mass is 9.95. The Bertz CT molecular complexity index is 581. The molecule has 0 aliphatic carbocycles. The number of benzene rings is 2. The Morgan fingerprint density at radius 2 is 1.67 bits per heavy atom. The van der Waals surface area contributed by atoms with Gasteiger partial charge in [0, 0.05) is 11.1 Å². The van der Waals surface area contributed by atoms with Crippen LogP contribution in [0.4, 0.5) is 0 Å². The molecule has 3 heteroatoms. The molecule has 1 atom stereocenters. The van der Waals surface area contributed by atoms with Crippen molar-refractivity contribution in [2.24, 2.45) is 11.8 Å². The number of nitrogens with one attached hydrogen (secondary N) is 1. The molecule has 0 aromatic heterocycles. The van der Waals surface area contributed by atoms with Gasteiger partial charge in [-0.15, -0.1) is 0 Å². The van der Waals surface area contributed by atoms with Gasteiger partial charge in [-0.05, 0) is 47.6 Å². The Balaban J connectivity index is 2.17. The van der Waals surface area contributed by atoms with E-state index in [2.05, 4.69) is 49.6 Å². The highest BCUT2D eigenvalue weighted by Crippen LogP contribution is 2.21. The van der Waals surface area contributed by atoms with Gasteiger partial charge in [-0.25, -0.2) is 0 Å². The summed E-state index contributed by atoms with van der Waals surface area (Å²) in [6.45, 7) is 4.47. The van der Waals surface area contributed by atoms with Crippen molar-refractivity contribution in [3.05, 3.63) is 70.2 Å². The summed E-state index contributed by atoms with van der Waals surface area (Å²) in [6, 6.07) is 16.7. The van der Waals surface area contributed by atoms with E-state index < -0.39 is 0 Å². The van der Waals surface area contributed by atoms with Crippen molar-refractivity contribution in [3.63, 3.8) is 0 Å². The number of halogens is 1. The fraction of sp³-hybridized carbons (Fsp3) is 0.333. The minimum Gasteiger partial charge on any atom is -0.271 e. The van der Waals surface area contributed by atoms with Gasteiger partial charge in [0.15, 0.2) is 0 Å². The zero-order valence-electron chi connectivity index (χ0n) is 12.6. The van der Waals surface area contributed by atoms with Crippen LogP contribution in [-0.2, 0) is 12.8 Å². The quantitative estimate of drug-likeness (QED) is 0.617. The van der Waals surface area contributed by atoms with E-state index in [1.807, 2.05) is 18.2 Å². The molecule has 0 bridgehead atoms. The number of hydrogen-bond donors (Lipinski definition) is 2. The van der Waals surface area contributed by atoms with E-state index in [1.54, 1.807) is 0 Å². The molecule has 0 spiro atoms. The van der Waals surface area contributed by atoms with Crippen LogP contribution in [0.3, 0.4) is 0 Å². The average molecular weight is 303 g/mol. The van der Waals surface area contributed by atoms with Gasteiger partial charge in [0.2, 0.25) is 0 Å². The highest BCUT2D eigenvalue weighted by molar-refractivity contribution is 6.30. The Hall–Kier alpha value is -1.35. The normalized spacial score (nSPS) is 12.6. The van der Waals surface area contributed by atoms with E-state index in [1.165, 1.54) is 16.7 Å². The molecule has 2 nitrogen and oxygen atoms in total. The smallest absolute Gasteiger partial charge is 0.0500 e. The van der Waals surface area contributed by atoms with Crippen molar-refractivity contribution >= 4 is 11.6 Å². The first-order chi connectivity index (χ1) is 10.1. The molecule has 0 radical (unpaired) electrons. The summed E-state index contributed by atoms with van der Waals surface area (Å²) >= 11 is 6.05. The Morgan fingerprint density at radius 1 is 1.00 bits per heavy atom. The van der Waals surface area contributed by atoms with Gasteiger partial charge >= 0.3 is 0 Å². The lowest BCUT2D eigenvalue weighted by Crippen LogP contribution is -2.29. The van der Waals surface area contributed by atoms with Crippen molar-refractivity contribution in [1.82, 2.24) is 5.43 Å². The topological polar surface area (TPSA) is 38.0 Å². The molecule has 2 aromatic carbocycles. The summed E-state index contributed by atoms with van der Waals surface area (Å²) in [6.07, 6.45) is 1.91. The first-order valence-corrected chi connectivity index (χ1v) is 7.75. The van der Waals surface area contributed by atoms with Crippen molar-refractivity contribution in [2.75, 3.05) is 0 Å². The standard InChI is InChI=1S/C18H23ClN2/c1-13(2)9-14-5-3-7-16(10-14)18(21-20)12-15-6-4-8-17(19)11-15/h3-8,10-11,13,18,21H,9,12,20H2,1-2H3. The molecule has 1 unspecified atom stereocenters. The molecule has 0 aliphatic rings. The molecule has 2 rings (SSSR count). The SMILES string of the molecule is CC(C)Cc1cccc(C(Cc2cccc(Cl)c2)NN)c1. The van der Waals surface area contributed by atoms with Crippen molar-refractivity contribution in [2.45, 2.75) is 32.7 Å². The summed E-state index contributed by atoms with van der Waals surface area (Å²) in [4.78, 5) is 0. The van der Waals surface area contributed by atoms with Gasteiger partial charge in [0.05, 0.1) is 0 Å². The van der Waals surface area contributed by atoms with Crippen molar-refractivity contribution in [1.29, 1.82) is 0 Å². The molecular formula is C18H23ClN2. The highest BCUT2D eigenvalue weighted by atomic mass is 35.5. The summed E-state index contributed by atoms with van der Waals surface area (Å²) in [7, 11) is 0. The fourth-order valence-electron chi connectivity index (χ4n) is 2.58. The van der Waals surface area contributed by atoms with Gasteiger partial charge in [-0.1, -0.05) is 61.8 Å². The minimum absolute atomic E-state index is 0.0931. The summed E-state index contributed by atoms with van der Waals surface area (Å²) in [5.74, 6) is 6.41. The molecule has 0 aliphatic heterocycles. The molecule has 0 amide bonds. The largest absolute Gasteiger partial charge is 0.271 e. The second kappa shape index (κ2) is 7.60. The average Bonchev–Trinajstić information content (AvgIpc) is 2.44. The van der Waals surface area contributed by atoms with E-state index in [0.29, 0.717) is 5.92 Å². The van der Waals surface area contributed by atoms with Crippen LogP contribution in [0.15, 0.2) is 48.5 Å². The molecule has 0 saturated carbocycles. The maximum atomic E-state index is 6.05. The first-order valence-electron chi connectivity index (χ1n) is 7.38. The van der Waals surface area contributed by atoms with E-state index in [4.69, 9.17) is 17.4 Å². The van der Waals surface area contributed by atoms with Crippen LogP contribution in [0.25, 0.3) is 0 Å². The van der Waals surface area contributed by atoms with Crippen LogP contribution in [0.1, 0.15) is 36.6 Å². The van der Waals surface area contributed by atoms with Crippen LogP contribution in [-0.4, -0.2) is 0 Å². The molecular weight excluding hydrogens is 280 g/mol. The predicted molar refractivity (Wildman–Crippen MR) is 90.2 cm³/mol. The predicted octanol–water partition coefficient (Wildman–Crippen LogP) is 4.29. The van der Waals surface area contributed by atoms with E-state index >= 15 is 0 Å². The third-order valence-electron chi connectivity index (χ3n) is 3.53. The Morgan fingerprint density at radius 3 is 2.29 bits per heavy atom. The van der Waals surface area contributed by atoms with E-state index in [9.17, 15) is 0 Å². The van der Waals surface area contributed by atoms with Crippen LogP contribution < -0.4 is 11.3 Å². The van der Waals surface area contributed by atoms with Crippen molar-refractivity contribution in [3.8, 4) is 0 Å². The van der Waals surface area contributed by atoms with Gasteiger partial charge in [0.1, 0.15) is 0 Å². The molecule has 21 heavy (non-hydrogen) atoms. The molecule has 0 fully saturated rings. The fourth-order valence-corrected chi connectivity index (χ4v) is 2.79. The van der Waals surface area contributed by atoms with Gasteiger partial charge in [-0.3, -0.25) is 11.3 Å². The van der Waals surface area contributed by atoms with E-state index in [-0.39, 0.29) is 6.04 Å². The molecule has 0 heterocycles. The van der Waals surface area contributed by atoms with Gasteiger partial charge < -0.3 is 0 Å². The molecule has 2 aromatic rings. The maximum absolute atomic E-state index is 6.05. The maximum Gasteiger partial charge on any atom is 0.0500 e. The first kappa shape index (κ1) is 16.0. The van der Waals surface area contributed by atoms with Gasteiger partial charge in [0.25, 0.3) is 0 Å². The summed E-state index contributed by atoms with van der Waals surface area (Å²) < 4.78 is 0. The monoisotopic (exact) mass is 302 g/mol. The molecule has 0 saturated heterocycles. The number of nitrogens with two attached hydrogens (primary N) is 1. The van der Waals surface area contributed by atoms with E-state index in [0.717, 1.165) is 17.9 Å². The van der Waals surface area contributed by atoms with Crippen LogP contribution in [0, 0.1) is 5.92 Å². The number of hydrogen-bond acceptors (Lipinski definition) is 2. The zero-order chi connectivity index (χ0) is 15.2. The van der Waals surface area contributed by atoms with Crippen molar-refractivity contribution < 1.29 is 0 Å². The van der Waals surface area contributed by atoms with Crippen LogP contribution in [0.5, 0.6) is 0 Å². The molecule has 112 valence electrons. The number of rotatable bonds is 6. The second-order valence-corrected chi connectivity index (χ2v) is 6.33. The second-order valence-electron chi connectivity index (χ2n) is 5.90. The Labute approximate surface area is 132 Å². The zero-order valence-corrected chi connectivity index (χ0v) is 13.4.